The highest BCUT2D eigenvalue weighted by molar-refractivity contribution is 7.13. The molecule has 5 heteroatoms. The molecule has 1 saturated carbocycles. The lowest BCUT2D eigenvalue weighted by Gasteiger charge is -1.99. The van der Waals surface area contributed by atoms with Crippen LogP contribution in [-0.4, -0.2) is 23.3 Å². The Morgan fingerprint density at radius 1 is 1.44 bits per heavy atom. The summed E-state index contributed by atoms with van der Waals surface area (Å²) in [5, 5.41) is 13.1. The molecule has 16 heavy (non-hydrogen) atoms. The van der Waals surface area contributed by atoms with Crippen molar-refractivity contribution in [2.45, 2.75) is 39.2 Å². The van der Waals surface area contributed by atoms with Crippen LogP contribution in [0.15, 0.2) is 0 Å². The lowest BCUT2D eigenvalue weighted by molar-refractivity contribution is 0.298. The molecule has 0 aliphatic heterocycles. The van der Waals surface area contributed by atoms with Crippen LogP contribution in [0.25, 0.3) is 0 Å². The zero-order valence-corrected chi connectivity index (χ0v) is 10.6. The summed E-state index contributed by atoms with van der Waals surface area (Å²) in [6.45, 7) is 4.77. The van der Waals surface area contributed by atoms with Crippen LogP contribution >= 0.6 is 11.3 Å². The van der Waals surface area contributed by atoms with Crippen LogP contribution in [0.4, 0.5) is 0 Å². The van der Waals surface area contributed by atoms with E-state index in [0.717, 1.165) is 37.0 Å². The monoisotopic (exact) mass is 241 g/mol. The Morgan fingerprint density at radius 2 is 2.31 bits per heavy atom. The topological polar surface area (TPSA) is 47.0 Å². The number of nitrogens with one attached hydrogen (secondary N) is 1. The van der Waals surface area contributed by atoms with E-state index >= 15 is 0 Å². The predicted octanol–water partition coefficient (Wildman–Crippen LogP) is 2.22. The fourth-order valence-corrected chi connectivity index (χ4v) is 2.14. The predicted molar refractivity (Wildman–Crippen MR) is 64.7 cm³/mol. The molecule has 0 radical (unpaired) electrons. The van der Waals surface area contributed by atoms with Crippen molar-refractivity contribution in [1.82, 2.24) is 15.5 Å². The first kappa shape index (κ1) is 11.8. The molecule has 1 aromatic rings. The summed E-state index contributed by atoms with van der Waals surface area (Å²) in [7, 11) is 0. The maximum Gasteiger partial charge on any atom is 0.294 e. The third kappa shape index (κ3) is 4.06. The van der Waals surface area contributed by atoms with Crippen molar-refractivity contribution in [3.8, 4) is 5.19 Å². The standard InChI is InChI=1S/C11H19N3OS/c1-2-6-12-8-10-13-14-11(16-10)15-7-5-9-3-4-9/h9,12H,2-8H2,1H3. The van der Waals surface area contributed by atoms with E-state index in [2.05, 4.69) is 22.4 Å². The third-order valence-electron chi connectivity index (χ3n) is 2.60. The highest BCUT2D eigenvalue weighted by Crippen LogP contribution is 2.32. The Labute approximate surface area is 100 Å². The van der Waals surface area contributed by atoms with Crippen molar-refractivity contribution in [1.29, 1.82) is 0 Å². The minimum absolute atomic E-state index is 0.717. The number of ether oxygens (including phenoxy) is 1. The molecule has 1 aromatic heterocycles. The molecule has 0 aromatic carbocycles. The van der Waals surface area contributed by atoms with Gasteiger partial charge in [-0.1, -0.05) is 31.1 Å². The van der Waals surface area contributed by atoms with Gasteiger partial charge in [-0.2, -0.15) is 0 Å². The summed E-state index contributed by atoms with van der Waals surface area (Å²) >= 11 is 1.55. The Morgan fingerprint density at radius 3 is 3.06 bits per heavy atom. The average molecular weight is 241 g/mol. The molecule has 1 heterocycles. The van der Waals surface area contributed by atoms with Gasteiger partial charge in [-0.15, -0.1) is 10.2 Å². The van der Waals surface area contributed by atoms with Crippen LogP contribution < -0.4 is 10.1 Å². The summed E-state index contributed by atoms with van der Waals surface area (Å²) in [4.78, 5) is 0. The number of hydrogen-bond acceptors (Lipinski definition) is 5. The molecule has 90 valence electrons. The van der Waals surface area contributed by atoms with E-state index in [1.165, 1.54) is 19.3 Å². The molecule has 0 atom stereocenters. The number of rotatable bonds is 8. The van der Waals surface area contributed by atoms with E-state index in [1.807, 2.05) is 0 Å². The molecule has 0 bridgehead atoms. The molecule has 0 unspecified atom stereocenters. The lowest BCUT2D eigenvalue weighted by Crippen LogP contribution is -2.13. The average Bonchev–Trinajstić information content (AvgIpc) is 2.99. The van der Waals surface area contributed by atoms with E-state index in [0.29, 0.717) is 5.19 Å². The quantitative estimate of drug-likeness (QED) is 0.709. The summed E-state index contributed by atoms with van der Waals surface area (Å²) < 4.78 is 5.56. The smallest absolute Gasteiger partial charge is 0.294 e. The van der Waals surface area contributed by atoms with Crippen LogP contribution in [-0.2, 0) is 6.54 Å². The van der Waals surface area contributed by atoms with Crippen molar-refractivity contribution in [2.24, 2.45) is 5.92 Å². The van der Waals surface area contributed by atoms with Crippen LogP contribution in [0, 0.1) is 5.92 Å². The highest BCUT2D eigenvalue weighted by atomic mass is 32.1. The Bertz CT molecular complexity index is 312. The highest BCUT2D eigenvalue weighted by Gasteiger charge is 2.20. The molecule has 1 aliphatic rings. The zero-order valence-electron chi connectivity index (χ0n) is 9.74. The molecule has 2 rings (SSSR count). The van der Waals surface area contributed by atoms with Gasteiger partial charge in [-0.25, -0.2) is 0 Å². The van der Waals surface area contributed by atoms with Gasteiger partial charge < -0.3 is 10.1 Å². The summed E-state index contributed by atoms with van der Waals surface area (Å²) in [6.07, 6.45) is 5.07. The second-order valence-corrected chi connectivity index (χ2v) is 5.24. The summed E-state index contributed by atoms with van der Waals surface area (Å²) in [6, 6.07) is 0. The van der Waals surface area contributed by atoms with Crippen LogP contribution in [0.2, 0.25) is 0 Å². The number of hydrogen-bond donors (Lipinski definition) is 1. The van der Waals surface area contributed by atoms with Gasteiger partial charge in [0.25, 0.3) is 5.19 Å². The van der Waals surface area contributed by atoms with Crippen LogP contribution in [0.5, 0.6) is 5.19 Å². The van der Waals surface area contributed by atoms with Gasteiger partial charge in [-0.3, -0.25) is 0 Å². The molecule has 1 fully saturated rings. The zero-order chi connectivity index (χ0) is 11.2. The Hall–Kier alpha value is -0.680. The first-order valence-electron chi connectivity index (χ1n) is 6.04. The van der Waals surface area contributed by atoms with Crippen molar-refractivity contribution < 1.29 is 4.74 Å². The minimum Gasteiger partial charge on any atom is -0.469 e. The number of nitrogens with zero attached hydrogens (tertiary/aromatic N) is 2. The Balaban J connectivity index is 1.64. The lowest BCUT2D eigenvalue weighted by atomic mass is 10.3. The van der Waals surface area contributed by atoms with Crippen LogP contribution in [0.3, 0.4) is 0 Å². The second kappa shape index (κ2) is 6.15. The molecule has 4 nitrogen and oxygen atoms in total. The number of aromatic nitrogens is 2. The van der Waals surface area contributed by atoms with Crippen LogP contribution in [0.1, 0.15) is 37.6 Å². The first-order valence-corrected chi connectivity index (χ1v) is 6.86. The third-order valence-corrected chi connectivity index (χ3v) is 3.44. The largest absolute Gasteiger partial charge is 0.469 e. The van der Waals surface area contributed by atoms with E-state index < -0.39 is 0 Å². The second-order valence-electron chi connectivity index (χ2n) is 4.22. The van der Waals surface area contributed by atoms with E-state index in [-0.39, 0.29) is 0 Å². The van der Waals surface area contributed by atoms with Gasteiger partial charge in [0.2, 0.25) is 0 Å². The van der Waals surface area contributed by atoms with Gasteiger partial charge in [0.1, 0.15) is 5.01 Å². The van der Waals surface area contributed by atoms with Gasteiger partial charge in [-0.05, 0) is 25.3 Å². The van der Waals surface area contributed by atoms with E-state index in [4.69, 9.17) is 4.74 Å². The van der Waals surface area contributed by atoms with E-state index in [1.54, 1.807) is 11.3 Å². The molecule has 0 saturated heterocycles. The van der Waals surface area contributed by atoms with Crippen molar-refractivity contribution >= 4 is 11.3 Å². The fraction of sp³-hybridized carbons (Fsp3) is 0.818. The molecule has 1 aliphatic carbocycles. The summed E-state index contributed by atoms with van der Waals surface area (Å²) in [5.41, 5.74) is 0. The van der Waals surface area contributed by atoms with Gasteiger partial charge in [0.05, 0.1) is 6.61 Å². The fourth-order valence-electron chi connectivity index (χ4n) is 1.46. The molecule has 1 N–H and O–H groups in total. The van der Waals surface area contributed by atoms with E-state index in [9.17, 15) is 0 Å². The van der Waals surface area contributed by atoms with Crippen molar-refractivity contribution in [3.63, 3.8) is 0 Å². The van der Waals surface area contributed by atoms with Gasteiger partial charge in [0.15, 0.2) is 0 Å². The maximum atomic E-state index is 5.56. The van der Waals surface area contributed by atoms with Gasteiger partial charge >= 0.3 is 0 Å². The molecular weight excluding hydrogens is 222 g/mol. The Kier molecular flexibility index (Phi) is 4.54. The van der Waals surface area contributed by atoms with Gasteiger partial charge in [0, 0.05) is 6.54 Å². The van der Waals surface area contributed by atoms with Crippen molar-refractivity contribution in [3.05, 3.63) is 5.01 Å². The molecular formula is C11H19N3OS. The normalized spacial score (nSPS) is 15.3. The maximum absolute atomic E-state index is 5.56. The molecule has 0 amide bonds. The molecule has 0 spiro atoms. The first-order chi connectivity index (χ1) is 7.88. The van der Waals surface area contributed by atoms with Crippen molar-refractivity contribution in [2.75, 3.05) is 13.2 Å². The summed E-state index contributed by atoms with van der Waals surface area (Å²) in [5.74, 6) is 0.915. The SMILES string of the molecule is CCCNCc1nnc(OCCC2CC2)s1. The minimum atomic E-state index is 0.717.